The van der Waals surface area contributed by atoms with E-state index in [2.05, 4.69) is 9.98 Å². The lowest BCUT2D eigenvalue weighted by molar-refractivity contribution is -0.779. The largest absolute Gasteiger partial charge is 0.483 e. The molecule has 0 aromatic carbocycles. The first kappa shape index (κ1) is 11.7. The maximum absolute atomic E-state index is 11.0. The molecule has 92 valence electrons. The second kappa shape index (κ2) is 3.61. The van der Waals surface area contributed by atoms with Crippen molar-refractivity contribution in [1.82, 2.24) is 0 Å². The minimum Gasteiger partial charge on any atom is -0.261 e. The first-order valence-corrected chi connectivity index (χ1v) is 4.60. The number of hydrogen-bond donors (Lipinski definition) is 0. The van der Waals surface area contributed by atoms with Gasteiger partial charge >= 0.3 is 17.5 Å². The Bertz CT molecular complexity index is 572. The van der Waals surface area contributed by atoms with Crippen LogP contribution in [-0.4, -0.2) is 38.7 Å². The highest BCUT2D eigenvalue weighted by atomic mass is 16.7. The van der Waals surface area contributed by atoms with Crippen LogP contribution in [-0.2, 0) is 9.59 Å². The van der Waals surface area contributed by atoms with E-state index in [1.165, 1.54) is 0 Å². The number of amides is 2. The Morgan fingerprint density at radius 3 is 2.22 bits per heavy atom. The van der Waals surface area contributed by atoms with Gasteiger partial charge in [0.2, 0.25) is 0 Å². The summed E-state index contributed by atoms with van der Waals surface area (Å²) >= 11 is 0. The van der Waals surface area contributed by atoms with E-state index in [0.29, 0.717) is 0 Å². The van der Waals surface area contributed by atoms with Gasteiger partial charge in [-0.15, -0.1) is 0 Å². The zero-order valence-corrected chi connectivity index (χ0v) is 8.60. The van der Waals surface area contributed by atoms with Crippen LogP contribution in [0.1, 0.15) is 6.42 Å². The molecular formula is C8H4N4O6. The van der Waals surface area contributed by atoms with Crippen molar-refractivity contribution in [3.8, 4) is 0 Å². The molecule has 0 aromatic rings. The number of allylic oxidation sites excluding steroid dienone is 1. The van der Waals surface area contributed by atoms with Crippen molar-refractivity contribution in [3.63, 3.8) is 0 Å². The Kier molecular flexibility index (Phi) is 2.35. The summed E-state index contributed by atoms with van der Waals surface area (Å²) in [4.78, 5) is 48.0. The molecule has 2 aliphatic rings. The van der Waals surface area contributed by atoms with Gasteiger partial charge in [0, 0.05) is 0 Å². The fourth-order valence-electron chi connectivity index (χ4n) is 1.55. The molecule has 1 aliphatic heterocycles. The van der Waals surface area contributed by atoms with Crippen molar-refractivity contribution in [2.24, 2.45) is 9.98 Å². The SMILES string of the molecule is O=C1N=C2C=CC([N+](=O)[O-])([N+](=O)[O-])CC2=NC1=O. The standard InChI is InChI=1S/C8H4N4O6/c13-6-7(14)10-5-3-8(11(15)16,12(17)18)2-1-4(5)9-6/h1-2H,3H2. The fourth-order valence-corrected chi connectivity index (χ4v) is 1.55. The smallest absolute Gasteiger partial charge is 0.261 e. The number of hydrogen-bond acceptors (Lipinski definition) is 6. The second-order valence-corrected chi connectivity index (χ2v) is 3.57. The molecule has 0 radical (unpaired) electrons. The molecule has 0 spiro atoms. The predicted molar refractivity (Wildman–Crippen MR) is 55.4 cm³/mol. The number of nitrogens with zero attached hydrogens (tertiary/aromatic N) is 4. The van der Waals surface area contributed by atoms with Gasteiger partial charge in [0.05, 0.1) is 17.5 Å². The normalized spacial score (nSPS) is 20.9. The molecule has 18 heavy (non-hydrogen) atoms. The molecule has 2 rings (SSSR count). The third kappa shape index (κ3) is 1.50. The van der Waals surface area contributed by atoms with Crippen LogP contribution >= 0.6 is 0 Å². The third-order valence-corrected chi connectivity index (χ3v) is 2.51. The summed E-state index contributed by atoms with van der Waals surface area (Å²) in [6, 6.07) is 0. The Morgan fingerprint density at radius 2 is 1.67 bits per heavy atom. The number of aliphatic imine (C=N–C) groups is 2. The Hall–Kier alpha value is -2.78. The minimum atomic E-state index is -2.57. The van der Waals surface area contributed by atoms with Crippen molar-refractivity contribution >= 4 is 23.2 Å². The molecule has 0 bridgehead atoms. The molecule has 0 saturated heterocycles. The van der Waals surface area contributed by atoms with E-state index < -0.39 is 33.7 Å². The summed E-state index contributed by atoms with van der Waals surface area (Å²) < 4.78 is 0. The van der Waals surface area contributed by atoms with E-state index in [1.54, 1.807) is 0 Å². The Balaban J connectivity index is 2.54. The molecule has 0 N–H and O–H groups in total. The molecule has 1 heterocycles. The van der Waals surface area contributed by atoms with Crippen molar-refractivity contribution in [1.29, 1.82) is 0 Å². The lowest BCUT2D eigenvalue weighted by atomic mass is 9.93. The number of nitro groups is 2. The topological polar surface area (TPSA) is 145 Å². The van der Waals surface area contributed by atoms with Crippen LogP contribution < -0.4 is 0 Å². The molecule has 0 unspecified atom stereocenters. The van der Waals surface area contributed by atoms with Gasteiger partial charge in [-0.2, -0.15) is 0 Å². The fraction of sp³-hybridized carbons (Fsp3) is 0.250. The second-order valence-electron chi connectivity index (χ2n) is 3.57. The molecule has 10 heteroatoms. The highest BCUT2D eigenvalue weighted by molar-refractivity contribution is 6.57. The monoisotopic (exact) mass is 252 g/mol. The van der Waals surface area contributed by atoms with Crippen molar-refractivity contribution in [3.05, 3.63) is 32.4 Å². The van der Waals surface area contributed by atoms with Crippen LogP contribution in [0.25, 0.3) is 0 Å². The van der Waals surface area contributed by atoms with Gasteiger partial charge in [0.1, 0.15) is 16.3 Å². The maximum Gasteiger partial charge on any atom is 0.483 e. The number of carbonyl (C=O) groups excluding carboxylic acids is 2. The van der Waals surface area contributed by atoms with Gasteiger partial charge in [-0.25, -0.2) is 9.98 Å². The van der Waals surface area contributed by atoms with Crippen molar-refractivity contribution < 1.29 is 19.4 Å². The summed E-state index contributed by atoms with van der Waals surface area (Å²) in [6.07, 6.45) is 0.966. The molecule has 0 saturated carbocycles. The van der Waals surface area contributed by atoms with Crippen LogP contribution in [0, 0.1) is 20.2 Å². The van der Waals surface area contributed by atoms with Gasteiger partial charge in [0.25, 0.3) is 0 Å². The highest BCUT2D eigenvalue weighted by Crippen LogP contribution is 2.25. The average Bonchev–Trinajstić information content (AvgIpc) is 2.29. The predicted octanol–water partition coefficient (Wildman–Crippen LogP) is -0.855. The van der Waals surface area contributed by atoms with Gasteiger partial charge in [-0.1, -0.05) is 0 Å². The molecule has 0 atom stereocenters. The zero-order chi connectivity index (χ0) is 13.5. The van der Waals surface area contributed by atoms with Gasteiger partial charge in [-0.05, 0) is 6.08 Å². The minimum absolute atomic E-state index is 0.0566. The number of rotatable bonds is 2. The van der Waals surface area contributed by atoms with Gasteiger partial charge < -0.3 is 0 Å². The third-order valence-electron chi connectivity index (χ3n) is 2.51. The van der Waals surface area contributed by atoms with Crippen LogP contribution in [0.15, 0.2) is 22.1 Å². The number of fused-ring (bicyclic) bond motifs is 1. The molecule has 1 aliphatic carbocycles. The van der Waals surface area contributed by atoms with E-state index in [9.17, 15) is 29.8 Å². The molecule has 0 aromatic heterocycles. The van der Waals surface area contributed by atoms with Crippen LogP contribution in [0.3, 0.4) is 0 Å². The van der Waals surface area contributed by atoms with E-state index >= 15 is 0 Å². The summed E-state index contributed by atoms with van der Waals surface area (Å²) in [7, 11) is 0. The van der Waals surface area contributed by atoms with Crippen molar-refractivity contribution in [2.45, 2.75) is 12.1 Å². The zero-order valence-electron chi connectivity index (χ0n) is 8.60. The summed E-state index contributed by atoms with van der Waals surface area (Å²) in [5.74, 6) is -2.29. The lowest BCUT2D eigenvalue weighted by Crippen LogP contribution is -2.50. The highest BCUT2D eigenvalue weighted by Gasteiger charge is 2.57. The molecular weight excluding hydrogens is 248 g/mol. The summed E-state index contributed by atoms with van der Waals surface area (Å²) in [6.45, 7) is 0. The summed E-state index contributed by atoms with van der Waals surface area (Å²) in [5, 5.41) is 21.6. The van der Waals surface area contributed by atoms with Crippen LogP contribution in [0.2, 0.25) is 0 Å². The Morgan fingerprint density at radius 1 is 1.11 bits per heavy atom. The number of carbonyl (C=O) groups is 2. The van der Waals surface area contributed by atoms with E-state index in [0.717, 1.165) is 12.2 Å². The molecule has 2 amide bonds. The molecule has 10 nitrogen and oxygen atoms in total. The van der Waals surface area contributed by atoms with Crippen LogP contribution in [0.5, 0.6) is 0 Å². The molecule has 0 fully saturated rings. The van der Waals surface area contributed by atoms with E-state index in [-0.39, 0.29) is 11.4 Å². The first-order valence-electron chi connectivity index (χ1n) is 4.60. The summed E-state index contributed by atoms with van der Waals surface area (Å²) in [5.41, 5.74) is -2.85. The van der Waals surface area contributed by atoms with Crippen LogP contribution in [0.4, 0.5) is 0 Å². The quantitative estimate of drug-likeness (QED) is 0.270. The lowest BCUT2D eigenvalue weighted by Gasteiger charge is -2.19. The van der Waals surface area contributed by atoms with E-state index in [4.69, 9.17) is 0 Å². The van der Waals surface area contributed by atoms with E-state index in [1.807, 2.05) is 0 Å². The Labute approximate surface area is 98.0 Å². The van der Waals surface area contributed by atoms with Crippen molar-refractivity contribution in [2.75, 3.05) is 0 Å². The maximum atomic E-state index is 11.0. The van der Waals surface area contributed by atoms with Gasteiger partial charge in [0.15, 0.2) is 0 Å². The first-order chi connectivity index (χ1) is 8.36. The average molecular weight is 252 g/mol. The van der Waals surface area contributed by atoms with Gasteiger partial charge in [-0.3, -0.25) is 29.8 Å².